The maximum absolute atomic E-state index is 14.3. The third-order valence-electron chi connectivity index (χ3n) is 3.91. The lowest BCUT2D eigenvalue weighted by Crippen LogP contribution is -2.55. The zero-order chi connectivity index (χ0) is 23.9. The number of rotatable bonds is 6. The van der Waals surface area contributed by atoms with E-state index in [4.69, 9.17) is 0 Å². The minimum atomic E-state index is -6.14. The summed E-state index contributed by atoms with van der Waals surface area (Å²) in [6.45, 7) is 0. The topological polar surface area (TPSA) is 86.7 Å². The highest BCUT2D eigenvalue weighted by Gasteiger charge is 2.74. The highest BCUT2D eigenvalue weighted by atomic mass is 32.2. The van der Waals surface area contributed by atoms with E-state index in [0.29, 0.717) is 36.8 Å². The highest BCUT2D eigenvalue weighted by Crippen LogP contribution is 2.60. The molecule has 0 heterocycles. The molecule has 0 bridgehead atoms. The van der Waals surface area contributed by atoms with Gasteiger partial charge in [-0.2, -0.15) is 43.2 Å². The van der Waals surface area contributed by atoms with Gasteiger partial charge >= 0.3 is 32.6 Å². The Bertz CT molecular complexity index is 1080. The van der Waals surface area contributed by atoms with Crippen molar-refractivity contribution >= 4 is 20.2 Å². The van der Waals surface area contributed by atoms with Crippen LogP contribution in [-0.2, 0) is 25.7 Å². The van der Waals surface area contributed by atoms with Gasteiger partial charge < -0.3 is 8.37 Å². The van der Waals surface area contributed by atoms with Gasteiger partial charge in [-0.25, -0.2) is 0 Å². The van der Waals surface area contributed by atoms with Crippen LogP contribution < -0.4 is 8.37 Å². The Morgan fingerprint density at radius 3 is 1.16 bits per heavy atom. The van der Waals surface area contributed by atoms with Crippen LogP contribution in [0.25, 0.3) is 0 Å². The van der Waals surface area contributed by atoms with Crippen molar-refractivity contribution in [3.05, 3.63) is 59.7 Å². The summed E-state index contributed by atoms with van der Waals surface area (Å²) in [5.74, 6) is -2.48. The van der Waals surface area contributed by atoms with Crippen LogP contribution >= 0.6 is 0 Å². The molecule has 0 aliphatic carbocycles. The van der Waals surface area contributed by atoms with Crippen LogP contribution in [0, 0.1) is 0 Å². The molecule has 6 nitrogen and oxygen atoms in total. The van der Waals surface area contributed by atoms with E-state index >= 15 is 0 Å². The monoisotopic (exact) mass is 492 g/mol. The number of hydrogen-bond donors (Lipinski definition) is 0. The molecule has 0 unspecified atom stereocenters. The van der Waals surface area contributed by atoms with E-state index in [-0.39, 0.29) is 0 Å². The number of para-hydroxylation sites is 2. The molecule has 0 aliphatic rings. The number of halogens is 6. The molecule has 0 atom stereocenters. The number of benzene rings is 2. The third-order valence-corrected chi connectivity index (χ3v) is 4.88. The number of hydrogen-bond acceptors (Lipinski definition) is 6. The Labute approximate surface area is 173 Å². The summed E-state index contributed by atoms with van der Waals surface area (Å²) in [4.78, 5) is 0. The summed E-state index contributed by atoms with van der Waals surface area (Å²) >= 11 is 0. The van der Waals surface area contributed by atoms with Crippen LogP contribution in [0.2, 0.25) is 0 Å². The fourth-order valence-corrected chi connectivity index (χ4v) is 3.88. The predicted molar refractivity (Wildman–Crippen MR) is 96.7 cm³/mol. The van der Waals surface area contributed by atoms with E-state index in [2.05, 4.69) is 8.37 Å². The molecule has 2 aromatic carbocycles. The summed E-state index contributed by atoms with van der Waals surface area (Å²) in [6, 6.07) is 5.58. The van der Waals surface area contributed by atoms with Gasteiger partial charge in [0, 0.05) is 11.1 Å². The Kier molecular flexibility index (Phi) is 6.31. The first-order valence-electron chi connectivity index (χ1n) is 8.01. The van der Waals surface area contributed by atoms with E-state index in [1.165, 1.54) is 0 Å². The molecule has 0 aromatic heterocycles. The fourth-order valence-electron chi connectivity index (χ4n) is 2.94. The van der Waals surface area contributed by atoms with E-state index in [1.807, 2.05) is 0 Å². The molecule has 0 N–H and O–H groups in total. The molecule has 0 saturated carbocycles. The first-order valence-corrected chi connectivity index (χ1v) is 11.6. The van der Waals surface area contributed by atoms with Gasteiger partial charge in [-0.1, -0.05) is 36.4 Å². The van der Waals surface area contributed by atoms with Crippen molar-refractivity contribution in [2.75, 3.05) is 12.5 Å². The summed E-state index contributed by atoms with van der Waals surface area (Å²) in [5, 5.41) is 0. The van der Waals surface area contributed by atoms with Gasteiger partial charge in [-0.15, -0.1) is 0 Å². The quantitative estimate of drug-likeness (QED) is 0.451. The van der Waals surface area contributed by atoms with Crippen molar-refractivity contribution in [2.45, 2.75) is 17.8 Å². The van der Waals surface area contributed by atoms with Crippen LogP contribution in [0.4, 0.5) is 26.3 Å². The summed E-state index contributed by atoms with van der Waals surface area (Å²) in [6.07, 6.45) is -11.4. The zero-order valence-electron chi connectivity index (χ0n) is 15.7. The van der Waals surface area contributed by atoms with Gasteiger partial charge in [0.1, 0.15) is 11.5 Å². The van der Waals surface area contributed by atoms with Crippen molar-refractivity contribution in [3.63, 3.8) is 0 Å². The Morgan fingerprint density at radius 2 is 0.903 bits per heavy atom. The molecule has 14 heteroatoms. The molecular weight excluding hydrogens is 478 g/mol. The third kappa shape index (κ3) is 5.06. The van der Waals surface area contributed by atoms with Crippen molar-refractivity contribution in [3.8, 4) is 11.5 Å². The second-order valence-corrected chi connectivity index (χ2v) is 9.46. The molecule has 172 valence electrons. The van der Waals surface area contributed by atoms with Crippen molar-refractivity contribution < 1.29 is 51.5 Å². The molecule has 0 radical (unpaired) electrons. The van der Waals surface area contributed by atoms with Crippen LogP contribution in [0.1, 0.15) is 11.1 Å². The molecule has 0 saturated heterocycles. The maximum Gasteiger partial charge on any atom is 0.411 e. The van der Waals surface area contributed by atoms with Crippen molar-refractivity contribution in [2.24, 2.45) is 0 Å². The average molecular weight is 492 g/mol. The van der Waals surface area contributed by atoms with Gasteiger partial charge in [0.25, 0.3) is 0 Å². The lowest BCUT2D eigenvalue weighted by molar-refractivity contribution is -0.289. The lowest BCUT2D eigenvalue weighted by Gasteiger charge is -2.39. The van der Waals surface area contributed by atoms with Gasteiger partial charge in [-0.3, -0.25) is 0 Å². The van der Waals surface area contributed by atoms with Crippen LogP contribution in [0.3, 0.4) is 0 Å². The smallest absolute Gasteiger partial charge is 0.382 e. The maximum atomic E-state index is 14.3. The van der Waals surface area contributed by atoms with Crippen molar-refractivity contribution in [1.82, 2.24) is 0 Å². The molecule has 31 heavy (non-hydrogen) atoms. The lowest BCUT2D eigenvalue weighted by atomic mass is 9.72. The zero-order valence-corrected chi connectivity index (χ0v) is 17.3. The fraction of sp³-hybridized carbons (Fsp3) is 0.294. The van der Waals surface area contributed by atoms with Crippen molar-refractivity contribution in [1.29, 1.82) is 0 Å². The summed E-state index contributed by atoms with van der Waals surface area (Å²) in [5.41, 5.74) is -8.14. The average Bonchev–Trinajstić information content (AvgIpc) is 2.53. The second kappa shape index (κ2) is 7.89. The summed E-state index contributed by atoms with van der Waals surface area (Å²) in [7, 11) is -9.07. The van der Waals surface area contributed by atoms with Crippen LogP contribution in [-0.4, -0.2) is 41.7 Å². The Balaban J connectivity index is 3.08. The largest absolute Gasteiger partial charge is 0.411 e. The minimum absolute atomic E-state index is 0.388. The highest BCUT2D eigenvalue weighted by molar-refractivity contribution is 7.86. The van der Waals surface area contributed by atoms with E-state index < -0.39 is 60.6 Å². The summed E-state index contributed by atoms with van der Waals surface area (Å²) < 4.78 is 141. The van der Waals surface area contributed by atoms with Gasteiger partial charge in [0.15, 0.2) is 0 Å². The first-order chi connectivity index (χ1) is 13.9. The van der Waals surface area contributed by atoms with E-state index in [9.17, 15) is 43.2 Å². The van der Waals surface area contributed by atoms with E-state index in [1.54, 1.807) is 0 Å². The first kappa shape index (κ1) is 24.8. The van der Waals surface area contributed by atoms with Crippen LogP contribution in [0.5, 0.6) is 11.5 Å². The van der Waals surface area contributed by atoms with Gasteiger partial charge in [-0.05, 0) is 12.1 Å². The van der Waals surface area contributed by atoms with Gasteiger partial charge in [0.05, 0.1) is 12.5 Å². The molecular formula is C17H14F6O6S2. The molecule has 2 rings (SSSR count). The molecule has 0 fully saturated rings. The standard InChI is InChI=1S/C17H14F6O6S2/c1-30(24,25)28-13-9-5-3-7-11(13)15(16(18,19)20,17(21,22)23)12-8-4-6-10-14(12)29-31(2,26)27/h3-10H,1-2H3. The molecule has 0 aliphatic heterocycles. The van der Waals surface area contributed by atoms with Gasteiger partial charge in [0.2, 0.25) is 5.41 Å². The predicted octanol–water partition coefficient (Wildman–Crippen LogP) is 3.77. The molecule has 0 amide bonds. The van der Waals surface area contributed by atoms with Crippen LogP contribution in [0.15, 0.2) is 48.5 Å². The molecule has 0 spiro atoms. The normalized spacial score (nSPS) is 13.7. The number of alkyl halides is 6. The minimum Gasteiger partial charge on any atom is -0.382 e. The SMILES string of the molecule is CS(=O)(=O)Oc1ccccc1C(c1ccccc1OS(C)(=O)=O)(C(F)(F)F)C(F)(F)F. The second-order valence-electron chi connectivity index (χ2n) is 6.31. The Hall–Kier alpha value is -2.48. The Morgan fingerprint density at radius 1 is 0.613 bits per heavy atom. The molecule has 2 aromatic rings. The van der Waals surface area contributed by atoms with E-state index in [0.717, 1.165) is 24.3 Å².